The molecule has 0 radical (unpaired) electrons. The summed E-state index contributed by atoms with van der Waals surface area (Å²) in [5.41, 5.74) is 2.36. The van der Waals surface area contributed by atoms with Crippen LogP contribution in [0.2, 0.25) is 0 Å². The highest BCUT2D eigenvalue weighted by atomic mass is 16.5. The second-order valence-electron chi connectivity index (χ2n) is 6.27. The van der Waals surface area contributed by atoms with Gasteiger partial charge < -0.3 is 14.6 Å². The van der Waals surface area contributed by atoms with Crippen LogP contribution in [0.4, 0.5) is 0 Å². The SMILES string of the molecule is O=C(O)CCC(=O)OCCCCCCOc1ccc(-c2ccccc2)cc1. The fraction of sp³-hybridized carbons (Fsp3) is 0.364. The van der Waals surface area contributed by atoms with Crippen molar-refractivity contribution in [2.75, 3.05) is 13.2 Å². The first kappa shape index (κ1) is 20.5. The highest BCUT2D eigenvalue weighted by molar-refractivity contribution is 5.76. The van der Waals surface area contributed by atoms with E-state index in [-0.39, 0.29) is 12.8 Å². The quantitative estimate of drug-likeness (QED) is 0.433. The van der Waals surface area contributed by atoms with Gasteiger partial charge in [0.05, 0.1) is 26.1 Å². The molecule has 2 aromatic rings. The van der Waals surface area contributed by atoms with E-state index in [0.717, 1.165) is 31.4 Å². The third kappa shape index (κ3) is 8.40. The van der Waals surface area contributed by atoms with Crippen LogP contribution in [0.3, 0.4) is 0 Å². The average molecular weight is 370 g/mol. The van der Waals surface area contributed by atoms with Crippen LogP contribution in [0.25, 0.3) is 11.1 Å². The van der Waals surface area contributed by atoms with Gasteiger partial charge in [-0.1, -0.05) is 42.5 Å². The number of aliphatic carboxylic acids is 1. The van der Waals surface area contributed by atoms with Crippen molar-refractivity contribution in [3.63, 3.8) is 0 Å². The molecule has 5 nitrogen and oxygen atoms in total. The molecule has 0 heterocycles. The number of esters is 1. The van der Waals surface area contributed by atoms with Crippen LogP contribution in [-0.4, -0.2) is 30.3 Å². The molecule has 0 amide bonds. The van der Waals surface area contributed by atoms with Gasteiger partial charge in [-0.05, 0) is 48.9 Å². The van der Waals surface area contributed by atoms with Crippen LogP contribution >= 0.6 is 0 Å². The molecule has 27 heavy (non-hydrogen) atoms. The Hall–Kier alpha value is -2.82. The van der Waals surface area contributed by atoms with Crippen LogP contribution in [0.15, 0.2) is 54.6 Å². The van der Waals surface area contributed by atoms with Gasteiger partial charge in [0, 0.05) is 0 Å². The molecule has 0 fully saturated rings. The number of hydrogen-bond acceptors (Lipinski definition) is 4. The van der Waals surface area contributed by atoms with Crippen molar-refractivity contribution in [1.29, 1.82) is 0 Å². The second-order valence-corrected chi connectivity index (χ2v) is 6.27. The fourth-order valence-electron chi connectivity index (χ4n) is 2.59. The normalized spacial score (nSPS) is 10.4. The maximum absolute atomic E-state index is 11.2. The standard InChI is InChI=1S/C22H26O5/c23-21(24)14-15-22(25)27-17-7-2-1-6-16-26-20-12-10-19(11-13-20)18-8-4-3-5-9-18/h3-5,8-13H,1-2,6-7,14-17H2,(H,23,24). The smallest absolute Gasteiger partial charge is 0.306 e. The van der Waals surface area contributed by atoms with Crippen LogP contribution < -0.4 is 4.74 Å². The van der Waals surface area contributed by atoms with Crippen molar-refractivity contribution in [1.82, 2.24) is 0 Å². The predicted molar refractivity (Wildman–Crippen MR) is 104 cm³/mol. The molecule has 0 aliphatic carbocycles. The molecule has 0 saturated carbocycles. The highest BCUT2D eigenvalue weighted by Crippen LogP contribution is 2.22. The van der Waals surface area contributed by atoms with E-state index in [1.165, 1.54) is 11.1 Å². The van der Waals surface area contributed by atoms with Gasteiger partial charge in [-0.2, -0.15) is 0 Å². The van der Waals surface area contributed by atoms with Gasteiger partial charge in [0.1, 0.15) is 5.75 Å². The third-order valence-corrected chi connectivity index (χ3v) is 4.07. The molecular weight excluding hydrogens is 344 g/mol. The third-order valence-electron chi connectivity index (χ3n) is 4.07. The molecule has 0 atom stereocenters. The van der Waals surface area contributed by atoms with Crippen molar-refractivity contribution in [2.45, 2.75) is 38.5 Å². The molecule has 2 rings (SSSR count). The van der Waals surface area contributed by atoms with E-state index >= 15 is 0 Å². The van der Waals surface area contributed by atoms with Gasteiger partial charge in [-0.25, -0.2) is 0 Å². The summed E-state index contributed by atoms with van der Waals surface area (Å²) in [5, 5.41) is 8.48. The van der Waals surface area contributed by atoms with E-state index in [1.807, 2.05) is 30.3 Å². The molecule has 0 spiro atoms. The summed E-state index contributed by atoms with van der Waals surface area (Å²) in [6.07, 6.45) is 3.42. The topological polar surface area (TPSA) is 72.8 Å². The molecule has 144 valence electrons. The first-order chi connectivity index (χ1) is 13.1. The number of ether oxygens (including phenoxy) is 2. The summed E-state index contributed by atoms with van der Waals surface area (Å²) in [7, 11) is 0. The van der Waals surface area contributed by atoms with Crippen molar-refractivity contribution in [3.8, 4) is 16.9 Å². The zero-order chi connectivity index (χ0) is 19.3. The van der Waals surface area contributed by atoms with E-state index in [2.05, 4.69) is 24.3 Å². The summed E-state index contributed by atoms with van der Waals surface area (Å²) in [6, 6.07) is 18.3. The van der Waals surface area contributed by atoms with E-state index in [1.54, 1.807) is 0 Å². The Morgan fingerprint density at radius 3 is 2.04 bits per heavy atom. The van der Waals surface area contributed by atoms with Crippen molar-refractivity contribution in [2.24, 2.45) is 0 Å². The highest BCUT2D eigenvalue weighted by Gasteiger charge is 2.06. The number of benzene rings is 2. The molecule has 5 heteroatoms. The second kappa shape index (κ2) is 11.7. The maximum atomic E-state index is 11.2. The molecule has 0 bridgehead atoms. The Bertz CT molecular complexity index is 694. The maximum Gasteiger partial charge on any atom is 0.306 e. The number of hydrogen-bond donors (Lipinski definition) is 1. The van der Waals surface area contributed by atoms with Gasteiger partial charge in [-0.15, -0.1) is 0 Å². The zero-order valence-corrected chi connectivity index (χ0v) is 15.4. The summed E-state index contributed by atoms with van der Waals surface area (Å²) in [5.74, 6) is -0.566. The van der Waals surface area contributed by atoms with Crippen LogP contribution in [0, 0.1) is 0 Å². The number of carbonyl (C=O) groups excluding carboxylic acids is 1. The Morgan fingerprint density at radius 2 is 1.37 bits per heavy atom. The Kier molecular flexibility index (Phi) is 8.90. The van der Waals surface area contributed by atoms with E-state index < -0.39 is 11.9 Å². The summed E-state index contributed by atoms with van der Waals surface area (Å²) >= 11 is 0. The molecule has 0 saturated heterocycles. The number of carboxylic acids is 1. The molecule has 2 aromatic carbocycles. The summed E-state index contributed by atoms with van der Waals surface area (Å²) < 4.78 is 10.7. The Balaban J connectivity index is 1.52. The Morgan fingerprint density at radius 1 is 0.741 bits per heavy atom. The Labute approximate surface area is 159 Å². The molecule has 0 aliphatic heterocycles. The van der Waals surface area contributed by atoms with Gasteiger partial charge in [0.2, 0.25) is 0 Å². The van der Waals surface area contributed by atoms with Crippen molar-refractivity contribution in [3.05, 3.63) is 54.6 Å². The minimum Gasteiger partial charge on any atom is -0.494 e. The number of carbonyl (C=O) groups is 2. The van der Waals surface area contributed by atoms with Gasteiger partial charge in [-0.3, -0.25) is 9.59 Å². The predicted octanol–water partition coefficient (Wildman–Crippen LogP) is 4.70. The molecule has 0 aromatic heterocycles. The number of unbranched alkanes of at least 4 members (excludes halogenated alkanes) is 3. The lowest BCUT2D eigenvalue weighted by atomic mass is 10.1. The largest absolute Gasteiger partial charge is 0.494 e. The van der Waals surface area contributed by atoms with Crippen molar-refractivity contribution < 1.29 is 24.2 Å². The lowest BCUT2D eigenvalue weighted by Gasteiger charge is -2.08. The minimum atomic E-state index is -0.985. The number of rotatable bonds is 12. The van der Waals surface area contributed by atoms with Gasteiger partial charge in [0.15, 0.2) is 0 Å². The van der Waals surface area contributed by atoms with Gasteiger partial charge in [0.25, 0.3) is 0 Å². The van der Waals surface area contributed by atoms with Gasteiger partial charge >= 0.3 is 11.9 Å². The van der Waals surface area contributed by atoms with Crippen molar-refractivity contribution >= 4 is 11.9 Å². The average Bonchev–Trinajstić information content (AvgIpc) is 2.69. The first-order valence-electron chi connectivity index (χ1n) is 9.31. The fourth-order valence-corrected chi connectivity index (χ4v) is 2.59. The number of carboxylic acid groups (broad SMARTS) is 1. The molecule has 1 N–H and O–H groups in total. The molecular formula is C22H26O5. The molecule has 0 unspecified atom stereocenters. The van der Waals surface area contributed by atoms with Crippen LogP contribution in [0.1, 0.15) is 38.5 Å². The van der Waals surface area contributed by atoms with Crippen LogP contribution in [0.5, 0.6) is 5.75 Å². The summed E-state index contributed by atoms with van der Waals surface area (Å²) in [6.45, 7) is 1.00. The van der Waals surface area contributed by atoms with Crippen LogP contribution in [-0.2, 0) is 14.3 Å². The monoisotopic (exact) mass is 370 g/mol. The van der Waals surface area contributed by atoms with E-state index in [0.29, 0.717) is 13.2 Å². The first-order valence-corrected chi connectivity index (χ1v) is 9.31. The summed E-state index contributed by atoms with van der Waals surface area (Å²) in [4.78, 5) is 21.6. The lowest BCUT2D eigenvalue weighted by Crippen LogP contribution is -2.08. The molecule has 0 aliphatic rings. The lowest BCUT2D eigenvalue weighted by molar-refractivity contribution is -0.147. The minimum absolute atomic E-state index is 0.0633. The zero-order valence-electron chi connectivity index (χ0n) is 15.4. The van der Waals surface area contributed by atoms with E-state index in [4.69, 9.17) is 14.6 Å². The van der Waals surface area contributed by atoms with E-state index in [9.17, 15) is 9.59 Å².